The molecule has 1 aromatic rings. The number of rotatable bonds is 6. The Kier molecular flexibility index (Phi) is 6.01. The molecule has 16 heavy (non-hydrogen) atoms. The van der Waals surface area contributed by atoms with Crippen molar-refractivity contribution in [2.75, 3.05) is 13.7 Å². The number of ether oxygens (including phenoxy) is 1. The van der Waals surface area contributed by atoms with E-state index in [2.05, 4.69) is 21.2 Å². The van der Waals surface area contributed by atoms with Crippen molar-refractivity contribution in [1.82, 2.24) is 5.32 Å². The molecule has 5 heteroatoms. The highest BCUT2D eigenvalue weighted by Gasteiger charge is 2.08. The Balaban J connectivity index is 2.25. The molecular formula is C11H16BrNO2S. The van der Waals surface area contributed by atoms with Crippen molar-refractivity contribution in [1.29, 1.82) is 0 Å². The Labute approximate surface area is 108 Å². The molecule has 90 valence electrons. The van der Waals surface area contributed by atoms with Crippen LogP contribution in [-0.2, 0) is 16.1 Å². The third-order valence-electron chi connectivity index (χ3n) is 2.07. The summed E-state index contributed by atoms with van der Waals surface area (Å²) in [5.41, 5.74) is 0. The first-order chi connectivity index (χ1) is 7.61. The summed E-state index contributed by atoms with van der Waals surface area (Å²) in [6, 6.07) is 3.99. The Hall–Kier alpha value is -0.390. The van der Waals surface area contributed by atoms with E-state index in [-0.39, 0.29) is 11.8 Å². The van der Waals surface area contributed by atoms with E-state index >= 15 is 0 Å². The van der Waals surface area contributed by atoms with Crippen LogP contribution in [0.1, 0.15) is 18.2 Å². The molecule has 1 N–H and O–H groups in total. The summed E-state index contributed by atoms with van der Waals surface area (Å²) in [5.74, 6) is 0.342. The third-order valence-corrected chi connectivity index (χ3v) is 3.70. The molecule has 0 aliphatic rings. The molecule has 1 heterocycles. The Bertz CT molecular complexity index is 340. The van der Waals surface area contributed by atoms with Gasteiger partial charge in [0.2, 0.25) is 5.91 Å². The molecule has 3 nitrogen and oxygen atoms in total. The van der Waals surface area contributed by atoms with Gasteiger partial charge in [-0.1, -0.05) is 6.92 Å². The maximum absolute atomic E-state index is 11.5. The number of hydrogen-bond donors (Lipinski definition) is 1. The van der Waals surface area contributed by atoms with Crippen LogP contribution in [0.15, 0.2) is 15.9 Å². The molecular weight excluding hydrogens is 290 g/mol. The summed E-state index contributed by atoms with van der Waals surface area (Å²) in [6.07, 6.45) is 0.514. The summed E-state index contributed by atoms with van der Waals surface area (Å²) in [5, 5.41) is 2.90. The average Bonchev–Trinajstić information content (AvgIpc) is 2.61. The van der Waals surface area contributed by atoms with Crippen molar-refractivity contribution in [2.24, 2.45) is 5.92 Å². The smallest absolute Gasteiger partial charge is 0.220 e. The molecule has 0 fully saturated rings. The van der Waals surface area contributed by atoms with Crippen LogP contribution in [0.3, 0.4) is 0 Å². The van der Waals surface area contributed by atoms with Crippen molar-refractivity contribution in [3.05, 3.63) is 20.8 Å². The molecule has 0 spiro atoms. The maximum Gasteiger partial charge on any atom is 0.220 e. The predicted molar refractivity (Wildman–Crippen MR) is 69.5 cm³/mol. The summed E-state index contributed by atoms with van der Waals surface area (Å²) < 4.78 is 6.07. The molecule has 0 bridgehead atoms. The number of carbonyl (C=O) groups is 1. The molecule has 0 aliphatic heterocycles. The number of methoxy groups -OCH3 is 1. The predicted octanol–water partition coefficient (Wildman–Crippen LogP) is 2.80. The highest BCUT2D eigenvalue weighted by molar-refractivity contribution is 9.11. The van der Waals surface area contributed by atoms with Gasteiger partial charge < -0.3 is 10.1 Å². The molecule has 1 aromatic heterocycles. The van der Waals surface area contributed by atoms with Crippen molar-refractivity contribution in [3.63, 3.8) is 0 Å². The zero-order valence-electron chi connectivity index (χ0n) is 9.46. The standard InChI is InChI=1S/C11H16BrNO2S/c1-8(7-15-2)5-11(14)13-6-9-3-4-10(12)16-9/h3-4,8H,5-7H2,1-2H3,(H,13,14). The fourth-order valence-electron chi connectivity index (χ4n) is 1.36. The number of halogens is 1. The van der Waals surface area contributed by atoms with Crippen molar-refractivity contribution < 1.29 is 9.53 Å². The largest absolute Gasteiger partial charge is 0.384 e. The summed E-state index contributed by atoms with van der Waals surface area (Å²) in [4.78, 5) is 12.7. The van der Waals surface area contributed by atoms with Crippen LogP contribution in [0.5, 0.6) is 0 Å². The van der Waals surface area contributed by atoms with Gasteiger partial charge in [-0.2, -0.15) is 0 Å². The van der Waals surface area contributed by atoms with Gasteiger partial charge in [0.25, 0.3) is 0 Å². The van der Waals surface area contributed by atoms with Gasteiger partial charge in [0.05, 0.1) is 10.3 Å². The van der Waals surface area contributed by atoms with Crippen LogP contribution in [-0.4, -0.2) is 19.6 Å². The minimum absolute atomic E-state index is 0.0778. The minimum atomic E-state index is 0.0778. The summed E-state index contributed by atoms with van der Waals surface area (Å²) >= 11 is 5.03. The SMILES string of the molecule is COCC(C)CC(=O)NCc1ccc(Br)s1. The Morgan fingerprint density at radius 2 is 2.38 bits per heavy atom. The monoisotopic (exact) mass is 305 g/mol. The first kappa shape index (κ1) is 13.7. The normalized spacial score (nSPS) is 12.4. The number of amides is 1. The van der Waals surface area contributed by atoms with E-state index in [1.807, 2.05) is 19.1 Å². The first-order valence-electron chi connectivity index (χ1n) is 5.11. The van der Waals surface area contributed by atoms with Gasteiger partial charge in [-0.05, 0) is 34.0 Å². The Morgan fingerprint density at radius 3 is 2.94 bits per heavy atom. The zero-order chi connectivity index (χ0) is 12.0. The minimum Gasteiger partial charge on any atom is -0.384 e. The average molecular weight is 306 g/mol. The quantitative estimate of drug-likeness (QED) is 0.877. The lowest BCUT2D eigenvalue weighted by atomic mass is 10.1. The van der Waals surface area contributed by atoms with Gasteiger partial charge >= 0.3 is 0 Å². The molecule has 0 radical (unpaired) electrons. The van der Waals surface area contributed by atoms with Gasteiger partial charge in [0.1, 0.15) is 0 Å². The maximum atomic E-state index is 11.5. The van der Waals surface area contributed by atoms with Crippen molar-refractivity contribution in [2.45, 2.75) is 19.9 Å². The topological polar surface area (TPSA) is 38.3 Å². The second kappa shape index (κ2) is 7.04. The molecule has 1 amide bonds. The van der Waals surface area contributed by atoms with E-state index in [0.717, 1.165) is 8.66 Å². The highest BCUT2D eigenvalue weighted by Crippen LogP contribution is 2.21. The van der Waals surface area contributed by atoms with E-state index in [0.29, 0.717) is 19.6 Å². The van der Waals surface area contributed by atoms with Gasteiger partial charge in [0.15, 0.2) is 0 Å². The van der Waals surface area contributed by atoms with Gasteiger partial charge in [-0.25, -0.2) is 0 Å². The van der Waals surface area contributed by atoms with Crippen LogP contribution in [0.4, 0.5) is 0 Å². The number of carbonyl (C=O) groups excluding carboxylic acids is 1. The van der Waals surface area contributed by atoms with Crippen molar-refractivity contribution >= 4 is 33.2 Å². The van der Waals surface area contributed by atoms with E-state index in [9.17, 15) is 4.79 Å². The number of hydrogen-bond acceptors (Lipinski definition) is 3. The van der Waals surface area contributed by atoms with E-state index in [1.54, 1.807) is 18.4 Å². The number of thiophene rings is 1. The zero-order valence-corrected chi connectivity index (χ0v) is 11.9. The lowest BCUT2D eigenvalue weighted by molar-refractivity contribution is -0.122. The lowest BCUT2D eigenvalue weighted by Gasteiger charge is -2.09. The molecule has 0 aliphatic carbocycles. The third kappa shape index (κ3) is 5.09. The van der Waals surface area contributed by atoms with Crippen LogP contribution in [0.25, 0.3) is 0 Å². The highest BCUT2D eigenvalue weighted by atomic mass is 79.9. The molecule has 0 saturated carbocycles. The molecule has 1 atom stereocenters. The summed E-state index contributed by atoms with van der Waals surface area (Å²) in [7, 11) is 1.65. The van der Waals surface area contributed by atoms with E-state index in [4.69, 9.17) is 4.74 Å². The van der Waals surface area contributed by atoms with E-state index < -0.39 is 0 Å². The second-order valence-electron chi connectivity index (χ2n) is 3.75. The molecule has 0 aromatic carbocycles. The molecule has 1 rings (SSSR count). The molecule has 1 unspecified atom stereocenters. The summed E-state index contributed by atoms with van der Waals surface area (Å²) in [6.45, 7) is 3.23. The van der Waals surface area contributed by atoms with Crippen LogP contribution < -0.4 is 5.32 Å². The van der Waals surface area contributed by atoms with E-state index in [1.165, 1.54) is 0 Å². The van der Waals surface area contributed by atoms with Gasteiger partial charge in [-0.15, -0.1) is 11.3 Å². The molecule has 0 saturated heterocycles. The van der Waals surface area contributed by atoms with Crippen LogP contribution >= 0.6 is 27.3 Å². The van der Waals surface area contributed by atoms with Gasteiger partial charge in [-0.3, -0.25) is 4.79 Å². The second-order valence-corrected chi connectivity index (χ2v) is 6.29. The van der Waals surface area contributed by atoms with Crippen LogP contribution in [0, 0.1) is 5.92 Å². The Morgan fingerprint density at radius 1 is 1.62 bits per heavy atom. The first-order valence-corrected chi connectivity index (χ1v) is 6.72. The lowest BCUT2D eigenvalue weighted by Crippen LogP contribution is -2.25. The van der Waals surface area contributed by atoms with Crippen molar-refractivity contribution in [3.8, 4) is 0 Å². The van der Waals surface area contributed by atoms with Crippen LogP contribution in [0.2, 0.25) is 0 Å². The fourth-order valence-corrected chi connectivity index (χ4v) is 2.79. The fraction of sp³-hybridized carbons (Fsp3) is 0.545. The number of nitrogens with one attached hydrogen (secondary N) is 1. The van der Waals surface area contributed by atoms with Gasteiger partial charge in [0, 0.05) is 25.0 Å².